The molecule has 19 heavy (non-hydrogen) atoms. The monoisotopic (exact) mass is 377 g/mol. The highest BCUT2D eigenvalue weighted by Crippen LogP contribution is 2.36. The molecular weight excluding hydrogens is 365 g/mol. The van der Waals surface area contributed by atoms with Gasteiger partial charge in [-0.25, -0.2) is 4.98 Å². The van der Waals surface area contributed by atoms with E-state index in [1.807, 2.05) is 18.2 Å². The average Bonchev–Trinajstić information content (AvgIpc) is 2.71. The van der Waals surface area contributed by atoms with Crippen LogP contribution < -0.4 is 0 Å². The van der Waals surface area contributed by atoms with Crippen LogP contribution in [0.5, 0.6) is 0 Å². The smallest absolute Gasteiger partial charge is 0.159 e. The Kier molecular flexibility index (Phi) is 5.29. The van der Waals surface area contributed by atoms with Crippen LogP contribution in [0.1, 0.15) is 26.0 Å². The van der Waals surface area contributed by atoms with Gasteiger partial charge in [-0.1, -0.05) is 43.1 Å². The maximum Gasteiger partial charge on any atom is 0.159 e. The van der Waals surface area contributed by atoms with Gasteiger partial charge in [0.05, 0.1) is 20.6 Å². The fraction of sp³-hybridized carbons (Fsp3) is 0.357. The highest BCUT2D eigenvalue weighted by Gasteiger charge is 2.13. The molecule has 0 aliphatic rings. The number of halogens is 3. The number of aromatic nitrogens is 1. The Labute approximate surface area is 136 Å². The van der Waals surface area contributed by atoms with Gasteiger partial charge in [0.15, 0.2) is 3.92 Å². The SMILES string of the molecule is CC(C)CCc1nc(Br)sc1-c1ccc(Cl)c(Cl)c1. The summed E-state index contributed by atoms with van der Waals surface area (Å²) in [6, 6.07) is 5.73. The van der Waals surface area contributed by atoms with Gasteiger partial charge in [0.2, 0.25) is 0 Å². The number of rotatable bonds is 4. The first kappa shape index (κ1) is 15.3. The van der Waals surface area contributed by atoms with Gasteiger partial charge in [-0.3, -0.25) is 0 Å². The number of benzene rings is 1. The molecule has 0 N–H and O–H groups in total. The molecule has 1 heterocycles. The number of hydrogen-bond acceptors (Lipinski definition) is 2. The van der Waals surface area contributed by atoms with Crippen molar-refractivity contribution in [2.45, 2.75) is 26.7 Å². The van der Waals surface area contributed by atoms with E-state index in [-0.39, 0.29) is 0 Å². The van der Waals surface area contributed by atoms with Crippen molar-refractivity contribution in [3.8, 4) is 10.4 Å². The zero-order valence-electron chi connectivity index (χ0n) is 10.7. The number of aryl methyl sites for hydroxylation is 1. The average molecular weight is 379 g/mol. The van der Waals surface area contributed by atoms with E-state index in [0.29, 0.717) is 16.0 Å². The van der Waals surface area contributed by atoms with Crippen LogP contribution >= 0.6 is 50.5 Å². The van der Waals surface area contributed by atoms with Gasteiger partial charge in [-0.05, 0) is 52.4 Å². The maximum absolute atomic E-state index is 6.09. The summed E-state index contributed by atoms with van der Waals surface area (Å²) in [5, 5.41) is 1.16. The predicted molar refractivity (Wildman–Crippen MR) is 88.4 cm³/mol. The van der Waals surface area contributed by atoms with Crippen molar-refractivity contribution in [2.75, 3.05) is 0 Å². The van der Waals surface area contributed by atoms with Gasteiger partial charge in [0.25, 0.3) is 0 Å². The zero-order valence-corrected chi connectivity index (χ0v) is 14.6. The molecule has 0 bridgehead atoms. The van der Waals surface area contributed by atoms with Crippen LogP contribution in [0.15, 0.2) is 22.1 Å². The Morgan fingerprint density at radius 1 is 1.26 bits per heavy atom. The lowest BCUT2D eigenvalue weighted by Gasteiger charge is -2.06. The van der Waals surface area contributed by atoms with Gasteiger partial charge in [-0.2, -0.15) is 0 Å². The predicted octanol–water partition coefficient (Wildman–Crippen LogP) is 6.47. The van der Waals surface area contributed by atoms with Crippen molar-refractivity contribution >= 4 is 50.5 Å². The van der Waals surface area contributed by atoms with Crippen LogP contribution in [-0.2, 0) is 6.42 Å². The van der Waals surface area contributed by atoms with E-state index >= 15 is 0 Å². The topological polar surface area (TPSA) is 12.9 Å². The van der Waals surface area contributed by atoms with Crippen LogP contribution in [0.3, 0.4) is 0 Å². The second-order valence-corrected chi connectivity index (χ2v) is 7.89. The lowest BCUT2D eigenvalue weighted by atomic mass is 10.0. The van der Waals surface area contributed by atoms with E-state index in [2.05, 4.69) is 34.8 Å². The van der Waals surface area contributed by atoms with E-state index < -0.39 is 0 Å². The maximum atomic E-state index is 6.09. The third-order valence-corrected chi connectivity index (χ3v) is 5.15. The van der Waals surface area contributed by atoms with Gasteiger partial charge in [0.1, 0.15) is 0 Å². The van der Waals surface area contributed by atoms with Crippen molar-refractivity contribution in [3.63, 3.8) is 0 Å². The van der Waals surface area contributed by atoms with Crippen molar-refractivity contribution in [2.24, 2.45) is 5.92 Å². The molecule has 0 aliphatic heterocycles. The summed E-state index contributed by atoms with van der Waals surface area (Å²) >= 11 is 17.2. The first-order valence-corrected chi connectivity index (χ1v) is 8.44. The molecule has 0 spiro atoms. The minimum atomic E-state index is 0.581. The number of hydrogen-bond donors (Lipinski definition) is 0. The molecule has 2 rings (SSSR count). The Morgan fingerprint density at radius 3 is 2.63 bits per heavy atom. The third kappa shape index (κ3) is 3.94. The summed E-state index contributed by atoms with van der Waals surface area (Å²) in [6.07, 6.45) is 2.11. The summed E-state index contributed by atoms with van der Waals surface area (Å²) in [5.41, 5.74) is 2.21. The summed E-state index contributed by atoms with van der Waals surface area (Å²) in [7, 11) is 0. The van der Waals surface area contributed by atoms with Crippen LogP contribution in [0.25, 0.3) is 10.4 Å². The molecule has 1 aromatic carbocycles. The van der Waals surface area contributed by atoms with E-state index in [9.17, 15) is 0 Å². The van der Waals surface area contributed by atoms with Crippen molar-refractivity contribution in [1.82, 2.24) is 4.98 Å². The molecule has 0 radical (unpaired) electrons. The molecule has 102 valence electrons. The first-order chi connectivity index (χ1) is 8.97. The van der Waals surface area contributed by atoms with Gasteiger partial charge >= 0.3 is 0 Å². The van der Waals surface area contributed by atoms with Crippen LogP contribution in [0.2, 0.25) is 10.0 Å². The van der Waals surface area contributed by atoms with Crippen LogP contribution in [0.4, 0.5) is 0 Å². The summed E-state index contributed by atoms with van der Waals surface area (Å²) in [6.45, 7) is 4.44. The Hall–Kier alpha value is -0.0900. The number of nitrogens with zero attached hydrogens (tertiary/aromatic N) is 1. The summed E-state index contributed by atoms with van der Waals surface area (Å²) < 4.78 is 0.910. The third-order valence-electron chi connectivity index (χ3n) is 2.81. The van der Waals surface area contributed by atoms with E-state index in [1.54, 1.807) is 11.3 Å². The fourth-order valence-electron chi connectivity index (χ4n) is 1.78. The molecule has 0 amide bonds. The van der Waals surface area contributed by atoms with Crippen molar-refractivity contribution in [3.05, 3.63) is 37.9 Å². The molecule has 0 unspecified atom stereocenters. The lowest BCUT2D eigenvalue weighted by molar-refractivity contribution is 0.582. The standard InChI is InChI=1S/C14H14BrCl2NS/c1-8(2)3-6-12-13(19-14(15)18-12)9-4-5-10(16)11(17)7-9/h4-5,7-8H,3,6H2,1-2H3. The molecule has 2 aromatic rings. The summed E-state index contributed by atoms with van der Waals surface area (Å²) in [5.74, 6) is 0.669. The molecular formula is C14H14BrCl2NS. The minimum Gasteiger partial charge on any atom is -0.233 e. The normalized spacial score (nSPS) is 11.3. The second kappa shape index (κ2) is 6.57. The summed E-state index contributed by atoms with van der Waals surface area (Å²) in [4.78, 5) is 5.74. The molecule has 0 saturated carbocycles. The quantitative estimate of drug-likeness (QED) is 0.594. The number of thiazole rings is 1. The molecule has 0 saturated heterocycles. The van der Waals surface area contributed by atoms with Crippen LogP contribution in [-0.4, -0.2) is 4.98 Å². The van der Waals surface area contributed by atoms with E-state index in [4.69, 9.17) is 23.2 Å². The second-order valence-electron chi connectivity index (χ2n) is 4.80. The fourth-order valence-corrected chi connectivity index (χ4v) is 3.61. The molecule has 0 fully saturated rings. The van der Waals surface area contributed by atoms with Gasteiger partial charge in [0, 0.05) is 0 Å². The molecule has 1 nitrogen and oxygen atoms in total. The van der Waals surface area contributed by atoms with Crippen molar-refractivity contribution in [1.29, 1.82) is 0 Å². The van der Waals surface area contributed by atoms with E-state index in [0.717, 1.165) is 28.0 Å². The Balaban J connectivity index is 2.35. The van der Waals surface area contributed by atoms with Crippen LogP contribution in [0, 0.1) is 5.92 Å². The minimum absolute atomic E-state index is 0.581. The lowest BCUT2D eigenvalue weighted by Crippen LogP contribution is -1.94. The molecule has 0 atom stereocenters. The molecule has 0 aliphatic carbocycles. The Bertz CT molecular complexity index is 581. The zero-order chi connectivity index (χ0) is 14.0. The largest absolute Gasteiger partial charge is 0.233 e. The first-order valence-electron chi connectivity index (χ1n) is 6.08. The van der Waals surface area contributed by atoms with Crippen molar-refractivity contribution < 1.29 is 0 Å². The molecule has 1 aromatic heterocycles. The van der Waals surface area contributed by atoms with E-state index in [1.165, 1.54) is 4.88 Å². The Morgan fingerprint density at radius 2 is 2.00 bits per heavy atom. The van der Waals surface area contributed by atoms with Gasteiger partial charge < -0.3 is 0 Å². The molecule has 5 heteroatoms. The highest BCUT2D eigenvalue weighted by atomic mass is 79.9. The highest BCUT2D eigenvalue weighted by molar-refractivity contribution is 9.11. The van der Waals surface area contributed by atoms with Gasteiger partial charge in [-0.15, -0.1) is 11.3 Å².